The smallest absolute Gasteiger partial charge is 0.290 e. The van der Waals surface area contributed by atoms with E-state index in [1.807, 2.05) is 43.5 Å². The van der Waals surface area contributed by atoms with E-state index in [1.165, 1.54) is 0 Å². The third kappa shape index (κ3) is 4.45. The van der Waals surface area contributed by atoms with Crippen LogP contribution in [-0.2, 0) is 6.42 Å². The van der Waals surface area contributed by atoms with Crippen LogP contribution in [-0.4, -0.2) is 42.0 Å². The number of para-hydroxylation sites is 1. The van der Waals surface area contributed by atoms with Crippen molar-refractivity contribution in [3.05, 3.63) is 52.1 Å². The van der Waals surface area contributed by atoms with Crippen molar-refractivity contribution in [3.8, 4) is 5.69 Å². The molecule has 9 heteroatoms. The maximum Gasteiger partial charge on any atom is 0.290 e. The quantitative estimate of drug-likeness (QED) is 0.578. The van der Waals surface area contributed by atoms with Gasteiger partial charge in [0.05, 0.1) is 5.69 Å². The monoisotopic (exact) mass is 413 g/mol. The van der Waals surface area contributed by atoms with Crippen molar-refractivity contribution in [1.82, 2.24) is 34.8 Å². The minimum absolute atomic E-state index is 0.156. The molecule has 3 aromatic rings. The van der Waals surface area contributed by atoms with Crippen molar-refractivity contribution in [1.29, 1.82) is 0 Å². The Hall–Kier alpha value is -2.81. The first-order valence-electron chi connectivity index (χ1n) is 9.76. The number of rotatable bonds is 7. The number of nitrogens with one attached hydrogen (secondary N) is 2. The molecule has 0 saturated carbocycles. The molecule has 1 amide bonds. The topological polar surface area (TPSA) is 93.4 Å². The average Bonchev–Trinajstić information content (AvgIpc) is 3.24. The molecule has 0 bridgehead atoms. The standard InChI is InChI=1S/C20H27N7OS/c1-12(2)15-8-6-7-9-16(15)27-14(5)22-18(25-27)19(28)21-11-10-17-23-24-20(29)26(17)13(3)4/h6-9,12-13H,10-11H2,1-5H3,(H,21,28)(H,24,29). The zero-order chi connectivity index (χ0) is 21.1. The first-order chi connectivity index (χ1) is 13.8. The molecule has 0 aliphatic carbocycles. The van der Waals surface area contributed by atoms with Crippen LogP contribution in [0.15, 0.2) is 24.3 Å². The summed E-state index contributed by atoms with van der Waals surface area (Å²) >= 11 is 5.25. The van der Waals surface area contributed by atoms with E-state index in [9.17, 15) is 4.79 Å². The minimum Gasteiger partial charge on any atom is -0.349 e. The molecule has 0 atom stereocenters. The second kappa shape index (κ2) is 8.69. The van der Waals surface area contributed by atoms with Crippen molar-refractivity contribution in [2.24, 2.45) is 0 Å². The van der Waals surface area contributed by atoms with Gasteiger partial charge in [-0.3, -0.25) is 9.89 Å². The van der Waals surface area contributed by atoms with Crippen LogP contribution in [0.3, 0.4) is 0 Å². The predicted octanol–water partition coefficient (Wildman–Crippen LogP) is 3.51. The zero-order valence-electron chi connectivity index (χ0n) is 17.4. The van der Waals surface area contributed by atoms with Gasteiger partial charge in [0.15, 0.2) is 4.77 Å². The molecule has 8 nitrogen and oxygen atoms in total. The van der Waals surface area contributed by atoms with Crippen molar-refractivity contribution in [3.63, 3.8) is 0 Å². The molecular weight excluding hydrogens is 386 g/mol. The summed E-state index contributed by atoms with van der Waals surface area (Å²) in [5.74, 6) is 1.67. The fraction of sp³-hybridized carbons (Fsp3) is 0.450. The lowest BCUT2D eigenvalue weighted by atomic mass is 10.0. The van der Waals surface area contributed by atoms with Gasteiger partial charge in [-0.15, -0.1) is 5.10 Å². The molecule has 2 aromatic heterocycles. The van der Waals surface area contributed by atoms with Crippen LogP contribution in [0, 0.1) is 11.7 Å². The van der Waals surface area contributed by atoms with E-state index in [-0.39, 0.29) is 17.8 Å². The molecule has 0 fully saturated rings. The summed E-state index contributed by atoms with van der Waals surface area (Å²) in [5, 5.41) is 14.4. The van der Waals surface area contributed by atoms with E-state index >= 15 is 0 Å². The lowest BCUT2D eigenvalue weighted by molar-refractivity contribution is 0.0943. The average molecular weight is 414 g/mol. The van der Waals surface area contributed by atoms with Crippen LogP contribution >= 0.6 is 12.2 Å². The van der Waals surface area contributed by atoms with Crippen molar-refractivity contribution in [2.45, 2.75) is 53.0 Å². The van der Waals surface area contributed by atoms with Crippen molar-refractivity contribution >= 4 is 18.1 Å². The number of aryl methyl sites for hydroxylation is 1. The molecule has 3 rings (SSSR count). The highest BCUT2D eigenvalue weighted by Gasteiger charge is 2.18. The fourth-order valence-electron chi connectivity index (χ4n) is 3.30. The molecule has 0 radical (unpaired) electrons. The van der Waals surface area contributed by atoms with Crippen LogP contribution in [0.4, 0.5) is 0 Å². The van der Waals surface area contributed by atoms with Crippen LogP contribution < -0.4 is 5.32 Å². The Morgan fingerprint density at radius 3 is 2.66 bits per heavy atom. The number of benzene rings is 1. The summed E-state index contributed by atoms with van der Waals surface area (Å²) in [6, 6.07) is 8.23. The van der Waals surface area contributed by atoms with Gasteiger partial charge >= 0.3 is 0 Å². The van der Waals surface area contributed by atoms with Gasteiger partial charge in [0, 0.05) is 19.0 Å². The normalized spacial score (nSPS) is 11.4. The van der Waals surface area contributed by atoms with Crippen molar-refractivity contribution in [2.75, 3.05) is 6.54 Å². The van der Waals surface area contributed by atoms with Gasteiger partial charge in [-0.1, -0.05) is 32.0 Å². The molecule has 0 unspecified atom stereocenters. The molecule has 1 aromatic carbocycles. The summed E-state index contributed by atoms with van der Waals surface area (Å²) in [4.78, 5) is 16.9. The summed E-state index contributed by atoms with van der Waals surface area (Å²) < 4.78 is 4.26. The highest BCUT2D eigenvalue weighted by Crippen LogP contribution is 2.23. The van der Waals surface area contributed by atoms with Crippen LogP contribution in [0.1, 0.15) is 67.5 Å². The largest absolute Gasteiger partial charge is 0.349 e. The highest BCUT2D eigenvalue weighted by molar-refractivity contribution is 7.71. The second-order valence-electron chi connectivity index (χ2n) is 7.52. The van der Waals surface area contributed by atoms with Gasteiger partial charge in [0.1, 0.15) is 11.6 Å². The van der Waals surface area contributed by atoms with E-state index in [2.05, 4.69) is 45.5 Å². The first-order valence-corrected chi connectivity index (χ1v) is 10.2. The highest BCUT2D eigenvalue weighted by atomic mass is 32.1. The van der Waals surface area contributed by atoms with Crippen LogP contribution in [0.25, 0.3) is 5.69 Å². The number of H-pyrrole nitrogens is 1. The Morgan fingerprint density at radius 1 is 1.24 bits per heavy atom. The van der Waals surface area contributed by atoms with Gasteiger partial charge in [-0.25, -0.2) is 9.67 Å². The summed E-state index contributed by atoms with van der Waals surface area (Å²) in [6.45, 7) is 10.6. The number of nitrogens with zero attached hydrogens (tertiary/aromatic N) is 5. The third-order valence-corrected chi connectivity index (χ3v) is 4.98. The van der Waals surface area contributed by atoms with E-state index in [4.69, 9.17) is 12.2 Å². The maximum absolute atomic E-state index is 12.6. The summed E-state index contributed by atoms with van der Waals surface area (Å²) in [6.07, 6.45) is 0.562. The SMILES string of the molecule is Cc1nc(C(=O)NCCc2n[nH]c(=S)n2C(C)C)nn1-c1ccccc1C(C)C. The first kappa shape index (κ1) is 20.9. The Bertz CT molecular complexity index is 1060. The molecule has 2 N–H and O–H groups in total. The number of carbonyl (C=O) groups is 1. The number of aromatic amines is 1. The Labute approximate surface area is 175 Å². The maximum atomic E-state index is 12.6. The third-order valence-electron chi connectivity index (χ3n) is 4.69. The molecule has 0 spiro atoms. The number of carbonyl (C=O) groups excluding carboxylic acids is 1. The van der Waals surface area contributed by atoms with Gasteiger partial charge in [0.2, 0.25) is 5.82 Å². The Balaban J connectivity index is 1.72. The van der Waals surface area contributed by atoms with Gasteiger partial charge in [0.25, 0.3) is 5.91 Å². The Kier molecular flexibility index (Phi) is 6.26. The van der Waals surface area contributed by atoms with Gasteiger partial charge in [-0.05, 0) is 50.5 Å². The molecule has 0 aliphatic heterocycles. The number of hydrogen-bond acceptors (Lipinski definition) is 5. The molecular formula is C20H27N7OS. The summed E-state index contributed by atoms with van der Waals surface area (Å²) in [7, 11) is 0. The Morgan fingerprint density at radius 2 is 1.97 bits per heavy atom. The van der Waals surface area contributed by atoms with E-state index in [0.717, 1.165) is 17.1 Å². The molecule has 0 aliphatic rings. The number of hydrogen-bond donors (Lipinski definition) is 2. The minimum atomic E-state index is -0.306. The molecule has 29 heavy (non-hydrogen) atoms. The number of amides is 1. The van der Waals surface area contributed by atoms with Crippen LogP contribution in [0.2, 0.25) is 0 Å². The van der Waals surface area contributed by atoms with E-state index < -0.39 is 0 Å². The predicted molar refractivity (Wildman–Crippen MR) is 114 cm³/mol. The summed E-state index contributed by atoms with van der Waals surface area (Å²) in [5.41, 5.74) is 2.10. The molecule has 154 valence electrons. The molecule has 0 saturated heterocycles. The molecule has 2 heterocycles. The number of aromatic nitrogens is 6. The van der Waals surface area contributed by atoms with E-state index in [0.29, 0.717) is 29.5 Å². The van der Waals surface area contributed by atoms with Crippen molar-refractivity contribution < 1.29 is 4.79 Å². The zero-order valence-corrected chi connectivity index (χ0v) is 18.2. The lowest BCUT2D eigenvalue weighted by Gasteiger charge is -2.12. The van der Waals surface area contributed by atoms with Gasteiger partial charge < -0.3 is 9.88 Å². The second-order valence-corrected chi connectivity index (χ2v) is 7.91. The van der Waals surface area contributed by atoms with Crippen LogP contribution in [0.5, 0.6) is 0 Å². The van der Waals surface area contributed by atoms with E-state index in [1.54, 1.807) is 4.68 Å². The van der Waals surface area contributed by atoms with Gasteiger partial charge in [-0.2, -0.15) is 5.10 Å². The lowest BCUT2D eigenvalue weighted by Crippen LogP contribution is -2.27. The fourth-order valence-corrected chi connectivity index (χ4v) is 3.66.